The number of rotatable bonds is 7. The first-order valence-electron chi connectivity index (χ1n) is 13.6. The van der Waals surface area contributed by atoms with Crippen molar-refractivity contribution in [3.05, 3.63) is 92.6 Å². The van der Waals surface area contributed by atoms with Gasteiger partial charge in [-0.3, -0.25) is 19.7 Å². The molecule has 2 aliphatic rings. The van der Waals surface area contributed by atoms with Gasteiger partial charge in [-0.15, -0.1) is 0 Å². The third kappa shape index (κ3) is 5.54. The fraction of sp³-hybridized carbons (Fsp3) is 0.400. The number of hydrogen-bond acceptors (Lipinski definition) is 6. The molecule has 1 aliphatic heterocycles. The van der Waals surface area contributed by atoms with Crippen molar-refractivity contribution in [1.29, 1.82) is 0 Å². The zero-order chi connectivity index (χ0) is 27.1. The zero-order valence-electron chi connectivity index (χ0n) is 22.3. The monoisotopic (exact) mass is 546 g/mol. The number of pyridine rings is 4. The number of nitrogens with zero attached hydrogens (tertiary/aromatic N) is 6. The van der Waals surface area contributed by atoms with Gasteiger partial charge < -0.3 is 9.47 Å². The van der Waals surface area contributed by atoms with Crippen LogP contribution >= 0.6 is 11.6 Å². The average molecular weight is 547 g/mol. The van der Waals surface area contributed by atoms with E-state index >= 15 is 0 Å². The summed E-state index contributed by atoms with van der Waals surface area (Å²) < 4.78 is 16.5. The predicted molar refractivity (Wildman–Crippen MR) is 152 cm³/mol. The van der Waals surface area contributed by atoms with Crippen molar-refractivity contribution in [2.24, 2.45) is 0 Å². The van der Waals surface area contributed by atoms with Gasteiger partial charge >= 0.3 is 0 Å². The maximum absolute atomic E-state index is 14.4. The van der Waals surface area contributed by atoms with Crippen LogP contribution in [-0.4, -0.2) is 43.6 Å². The van der Waals surface area contributed by atoms with Crippen molar-refractivity contribution in [2.75, 3.05) is 18.0 Å². The van der Waals surface area contributed by atoms with Gasteiger partial charge in [0.1, 0.15) is 5.65 Å². The SMILES string of the molecule is Cc1ccc(N2CCC[C@H](N(Cc3ccnc(C)c3)Cc3cn(C4CC4)c4nc(Cl)c(F)cc4c3=O)C2)cn1. The molecule has 1 atom stereocenters. The maximum Gasteiger partial charge on any atom is 0.195 e. The quantitative estimate of drug-likeness (QED) is 0.281. The Morgan fingerprint density at radius 1 is 1.08 bits per heavy atom. The highest BCUT2D eigenvalue weighted by atomic mass is 35.5. The van der Waals surface area contributed by atoms with Gasteiger partial charge in [-0.25, -0.2) is 9.37 Å². The molecule has 4 aromatic rings. The lowest BCUT2D eigenvalue weighted by Gasteiger charge is -2.40. The van der Waals surface area contributed by atoms with Gasteiger partial charge in [0.2, 0.25) is 0 Å². The summed E-state index contributed by atoms with van der Waals surface area (Å²) in [7, 11) is 0. The third-order valence-electron chi connectivity index (χ3n) is 7.82. The molecule has 1 saturated carbocycles. The van der Waals surface area contributed by atoms with E-state index in [1.807, 2.05) is 49.1 Å². The molecular formula is C30H32ClFN6O. The van der Waals surface area contributed by atoms with E-state index in [-0.39, 0.29) is 28.1 Å². The Morgan fingerprint density at radius 2 is 1.92 bits per heavy atom. The van der Waals surface area contributed by atoms with Crippen LogP contribution in [0.2, 0.25) is 5.15 Å². The lowest BCUT2D eigenvalue weighted by Crippen LogP contribution is -2.48. The van der Waals surface area contributed by atoms with Crippen molar-refractivity contribution in [1.82, 2.24) is 24.4 Å². The van der Waals surface area contributed by atoms with Gasteiger partial charge in [-0.05, 0) is 75.4 Å². The molecular weight excluding hydrogens is 515 g/mol. The summed E-state index contributed by atoms with van der Waals surface area (Å²) in [6, 6.07) is 10.0. The molecule has 202 valence electrons. The van der Waals surface area contributed by atoms with Crippen LogP contribution in [0.5, 0.6) is 0 Å². The number of hydrogen-bond donors (Lipinski definition) is 0. The van der Waals surface area contributed by atoms with Crippen LogP contribution in [0.1, 0.15) is 54.2 Å². The van der Waals surface area contributed by atoms with Gasteiger partial charge in [0.15, 0.2) is 16.4 Å². The van der Waals surface area contributed by atoms with Gasteiger partial charge in [-0.2, -0.15) is 0 Å². The number of anilines is 1. The zero-order valence-corrected chi connectivity index (χ0v) is 23.0. The summed E-state index contributed by atoms with van der Waals surface area (Å²) in [6.45, 7) is 6.93. The van der Waals surface area contributed by atoms with Crippen LogP contribution in [-0.2, 0) is 13.1 Å². The normalized spacial score (nSPS) is 17.8. The molecule has 0 N–H and O–H groups in total. The molecule has 0 aromatic carbocycles. The van der Waals surface area contributed by atoms with E-state index in [0.29, 0.717) is 24.3 Å². The number of aromatic nitrogens is 4. The van der Waals surface area contributed by atoms with E-state index < -0.39 is 5.82 Å². The molecule has 7 nitrogen and oxygen atoms in total. The number of halogens is 2. The van der Waals surface area contributed by atoms with E-state index in [0.717, 1.165) is 61.4 Å². The predicted octanol–water partition coefficient (Wildman–Crippen LogP) is 5.60. The molecule has 2 fully saturated rings. The van der Waals surface area contributed by atoms with Crippen molar-refractivity contribution in [2.45, 2.75) is 64.7 Å². The van der Waals surface area contributed by atoms with E-state index in [4.69, 9.17) is 11.6 Å². The van der Waals surface area contributed by atoms with Crippen molar-refractivity contribution in [3.63, 3.8) is 0 Å². The van der Waals surface area contributed by atoms with Crippen LogP contribution < -0.4 is 10.3 Å². The average Bonchev–Trinajstić information content (AvgIpc) is 3.77. The second-order valence-corrected chi connectivity index (χ2v) is 11.2. The first-order valence-corrected chi connectivity index (χ1v) is 14.0. The molecule has 0 spiro atoms. The molecule has 39 heavy (non-hydrogen) atoms. The van der Waals surface area contributed by atoms with E-state index in [9.17, 15) is 9.18 Å². The molecule has 1 aliphatic carbocycles. The lowest BCUT2D eigenvalue weighted by atomic mass is 10.0. The Labute approximate surface area is 232 Å². The van der Waals surface area contributed by atoms with Crippen LogP contribution in [0, 0.1) is 19.7 Å². The Balaban J connectivity index is 1.37. The lowest BCUT2D eigenvalue weighted by molar-refractivity contribution is 0.158. The third-order valence-corrected chi connectivity index (χ3v) is 8.09. The summed E-state index contributed by atoms with van der Waals surface area (Å²) in [5.41, 5.74) is 5.16. The largest absolute Gasteiger partial charge is 0.369 e. The first kappa shape index (κ1) is 25.9. The molecule has 4 aromatic heterocycles. The molecule has 0 radical (unpaired) electrons. The molecule has 6 rings (SSSR count). The molecule has 0 amide bonds. The van der Waals surface area contributed by atoms with Crippen LogP contribution in [0.3, 0.4) is 0 Å². The summed E-state index contributed by atoms with van der Waals surface area (Å²) in [5, 5.41) is 0.0867. The van der Waals surface area contributed by atoms with Gasteiger partial charge in [0.05, 0.1) is 17.3 Å². The minimum Gasteiger partial charge on any atom is -0.369 e. The molecule has 9 heteroatoms. The van der Waals surface area contributed by atoms with Crippen molar-refractivity contribution in [3.8, 4) is 0 Å². The van der Waals surface area contributed by atoms with Crippen LogP contribution in [0.4, 0.5) is 10.1 Å². The van der Waals surface area contributed by atoms with Crippen LogP contribution in [0.25, 0.3) is 11.0 Å². The van der Waals surface area contributed by atoms with Crippen molar-refractivity contribution >= 4 is 28.3 Å². The van der Waals surface area contributed by atoms with Gasteiger partial charge in [-0.1, -0.05) is 11.6 Å². The Morgan fingerprint density at radius 3 is 2.67 bits per heavy atom. The molecule has 1 saturated heterocycles. The number of aryl methyl sites for hydroxylation is 2. The van der Waals surface area contributed by atoms with E-state index in [1.165, 1.54) is 6.07 Å². The van der Waals surface area contributed by atoms with Gasteiger partial charge in [0.25, 0.3) is 0 Å². The molecule has 5 heterocycles. The summed E-state index contributed by atoms with van der Waals surface area (Å²) in [6.07, 6.45) is 9.80. The standard InChI is InChI=1S/C30H32ClFN6O/c1-19-5-6-24(14-34-19)36-11-3-4-25(18-36)37(15-21-9-10-33-20(2)12-21)16-22-17-38(23-7-8-23)30-26(28(22)39)13-27(32)29(31)35-30/h5-6,9-10,12-14,17,23,25H,3-4,7-8,11,15-16,18H2,1-2H3/t25-/m0/s1. The summed E-state index contributed by atoms with van der Waals surface area (Å²) in [4.78, 5) is 31.6. The highest BCUT2D eigenvalue weighted by molar-refractivity contribution is 6.29. The van der Waals surface area contributed by atoms with Crippen LogP contribution in [0.15, 0.2) is 53.7 Å². The molecule has 0 bridgehead atoms. The van der Waals surface area contributed by atoms with Crippen molar-refractivity contribution < 1.29 is 4.39 Å². The number of piperidine rings is 1. The fourth-order valence-electron chi connectivity index (χ4n) is 5.63. The Hall–Kier alpha value is -3.36. The minimum absolute atomic E-state index is 0.184. The molecule has 0 unspecified atom stereocenters. The first-order chi connectivity index (χ1) is 18.9. The maximum atomic E-state index is 14.4. The van der Waals surface area contributed by atoms with E-state index in [2.05, 4.69) is 36.9 Å². The smallest absolute Gasteiger partial charge is 0.195 e. The highest BCUT2D eigenvalue weighted by Crippen LogP contribution is 2.37. The Kier molecular flexibility index (Phi) is 7.08. The summed E-state index contributed by atoms with van der Waals surface area (Å²) >= 11 is 6.01. The fourth-order valence-corrected chi connectivity index (χ4v) is 5.76. The number of fused-ring (bicyclic) bond motifs is 1. The summed E-state index contributed by atoms with van der Waals surface area (Å²) in [5.74, 6) is -0.667. The minimum atomic E-state index is -0.667. The Bertz CT molecular complexity index is 1570. The topological polar surface area (TPSA) is 67.2 Å². The highest BCUT2D eigenvalue weighted by Gasteiger charge is 2.30. The second kappa shape index (κ2) is 10.7. The van der Waals surface area contributed by atoms with Gasteiger partial charge in [0, 0.05) is 67.6 Å². The van der Waals surface area contributed by atoms with E-state index in [1.54, 1.807) is 0 Å². The second-order valence-electron chi connectivity index (χ2n) is 10.9.